The number of aryl methyl sites for hydroxylation is 4. The number of nitrogens with zero attached hydrogens (tertiary/aromatic N) is 4. The van der Waals surface area contributed by atoms with E-state index in [0.717, 1.165) is 90.2 Å². The largest absolute Gasteiger partial charge is 0.322 e. The number of nitrogens with one attached hydrogen (secondary N) is 8. The van der Waals surface area contributed by atoms with Crippen LogP contribution in [0.1, 0.15) is 0 Å². The molecule has 0 spiro atoms. The van der Waals surface area contributed by atoms with Gasteiger partial charge < -0.3 is 41.2 Å². The first-order valence-electron chi connectivity index (χ1n) is 14.5. The molecule has 0 radical (unpaired) electrons. The third-order valence-corrected chi connectivity index (χ3v) is 8.75. The molecule has 8 aromatic rings. The van der Waals surface area contributed by atoms with Crippen LogP contribution in [0.25, 0.3) is 43.6 Å². The zero-order chi connectivity index (χ0) is 29.7. The first-order valence-corrected chi connectivity index (χ1v) is 14.5. The summed E-state index contributed by atoms with van der Waals surface area (Å²) in [6.07, 6.45) is 8.25. The molecule has 9 heterocycles. The number of pyridine rings is 4. The van der Waals surface area contributed by atoms with Crippen molar-refractivity contribution < 1.29 is 18.3 Å². The van der Waals surface area contributed by atoms with Crippen LogP contribution in [-0.2, 0) is 28.2 Å². The van der Waals surface area contributed by atoms with Gasteiger partial charge in [-0.3, -0.25) is 0 Å². The van der Waals surface area contributed by atoms with Crippen LogP contribution < -0.4 is 39.5 Å². The van der Waals surface area contributed by atoms with Crippen LogP contribution in [0.5, 0.6) is 0 Å². The highest BCUT2D eigenvalue weighted by atomic mass is 15.2. The van der Waals surface area contributed by atoms with Gasteiger partial charge in [0, 0.05) is 24.3 Å². The van der Waals surface area contributed by atoms with Crippen LogP contribution in [0, 0.1) is 0 Å². The highest BCUT2D eigenvalue weighted by molar-refractivity contribution is 6.07. The van der Waals surface area contributed by atoms with E-state index in [4.69, 9.17) is 0 Å². The van der Waals surface area contributed by atoms with Crippen molar-refractivity contribution >= 4 is 90.2 Å². The van der Waals surface area contributed by atoms with Gasteiger partial charge in [-0.15, -0.1) is 0 Å². The summed E-state index contributed by atoms with van der Waals surface area (Å²) in [5.41, 5.74) is 4.18. The maximum atomic E-state index is 3.71. The quantitative estimate of drug-likeness (QED) is 0.127. The Morgan fingerprint density at radius 1 is 0.341 bits per heavy atom. The van der Waals surface area contributed by atoms with Gasteiger partial charge >= 0.3 is 0 Å². The molecule has 1 aliphatic heterocycles. The Morgan fingerprint density at radius 2 is 0.568 bits per heavy atom. The van der Waals surface area contributed by atoms with Gasteiger partial charge in [0.1, 0.15) is 51.5 Å². The van der Waals surface area contributed by atoms with E-state index in [1.165, 1.54) is 0 Å². The predicted octanol–water partition coefficient (Wildman–Crippen LogP) is 4.20. The van der Waals surface area contributed by atoms with Crippen molar-refractivity contribution in [3.8, 4) is 0 Å². The topological polar surface area (TPSA) is 127 Å². The van der Waals surface area contributed by atoms with Gasteiger partial charge in [-0.25, -0.2) is 0 Å². The van der Waals surface area contributed by atoms with E-state index in [2.05, 4.69) is 161 Å². The Labute approximate surface area is 251 Å². The highest BCUT2D eigenvalue weighted by Crippen LogP contribution is 2.40. The Bertz CT molecular complexity index is 2110. The molecule has 0 fully saturated rings. The van der Waals surface area contributed by atoms with Crippen molar-refractivity contribution in [2.24, 2.45) is 28.2 Å². The van der Waals surface area contributed by atoms with Gasteiger partial charge in [-0.05, 0) is 24.3 Å². The maximum absolute atomic E-state index is 3.71. The fourth-order valence-electron chi connectivity index (χ4n) is 6.76. The molecule has 8 bridgehead atoms. The van der Waals surface area contributed by atoms with Gasteiger partial charge in [0.15, 0.2) is 48.1 Å². The van der Waals surface area contributed by atoms with Gasteiger partial charge in [0.05, 0.1) is 21.5 Å². The number of hydrogen-bond donors (Lipinski definition) is 8. The summed E-state index contributed by atoms with van der Waals surface area (Å²) in [5.74, 6) is 7.00. The average molecular weight is 585 g/mol. The molecule has 0 saturated heterocycles. The molecular weight excluding hydrogens is 552 g/mol. The van der Waals surface area contributed by atoms with Crippen LogP contribution in [0.4, 0.5) is 46.5 Å². The fourth-order valence-corrected chi connectivity index (χ4v) is 6.76. The lowest BCUT2D eigenvalue weighted by Gasteiger charge is -2.04. The summed E-state index contributed by atoms with van der Waals surface area (Å²) in [4.78, 5) is 14.6. The van der Waals surface area contributed by atoms with Crippen molar-refractivity contribution in [3.05, 3.63) is 73.3 Å². The molecule has 9 rings (SSSR count). The summed E-state index contributed by atoms with van der Waals surface area (Å²) >= 11 is 0. The Morgan fingerprint density at radius 3 is 0.795 bits per heavy atom. The van der Waals surface area contributed by atoms with Crippen LogP contribution >= 0.6 is 0 Å². The number of rotatable bonds is 0. The van der Waals surface area contributed by atoms with E-state index in [9.17, 15) is 0 Å². The summed E-state index contributed by atoms with van der Waals surface area (Å²) < 4.78 is 8.52. The molecule has 0 amide bonds. The summed E-state index contributed by atoms with van der Waals surface area (Å²) in [7, 11) is 8.25. The van der Waals surface area contributed by atoms with Crippen molar-refractivity contribution in [2.45, 2.75) is 0 Å². The van der Waals surface area contributed by atoms with E-state index >= 15 is 0 Å². The summed E-state index contributed by atoms with van der Waals surface area (Å²) in [6, 6.07) is 16.8. The number of aromatic nitrogens is 8. The zero-order valence-corrected chi connectivity index (χ0v) is 24.7. The maximum Gasteiger partial charge on any atom is 0.257 e. The normalized spacial score (nSPS) is 12.8. The zero-order valence-electron chi connectivity index (χ0n) is 24.7. The van der Waals surface area contributed by atoms with E-state index in [1.54, 1.807) is 0 Å². The molecule has 44 heavy (non-hydrogen) atoms. The Hall–Kier alpha value is -6.04. The first-order chi connectivity index (χ1) is 21.4. The van der Waals surface area contributed by atoms with E-state index < -0.39 is 0 Å². The molecule has 12 heteroatoms. The minimum atomic E-state index is 0.872. The lowest BCUT2D eigenvalue weighted by atomic mass is 10.2. The standard InChI is InChI=1S/C32H28N12/c1-41-13-5-9-17-21(41)29-33-25(17)38-30-23-19(11-7-15-43(23)3)27(35-30)40-32-24-20(12-8-16-44(24)4)28(36-32)39-31-22-18(26(34-31)37-29)10-6-14-42(22)2/h5-16H,1-4H3,(H4,33,34,35,36,37,38,39,40)/p+4. The third-order valence-electron chi connectivity index (χ3n) is 8.75. The molecule has 12 nitrogen and oxygen atoms in total. The summed E-state index contributed by atoms with van der Waals surface area (Å²) in [6.45, 7) is 0. The van der Waals surface area contributed by atoms with Crippen molar-refractivity contribution in [2.75, 3.05) is 21.3 Å². The van der Waals surface area contributed by atoms with E-state index in [-0.39, 0.29) is 0 Å². The number of anilines is 8. The molecular formula is C32H32N12+4. The van der Waals surface area contributed by atoms with Crippen LogP contribution in [-0.4, -0.2) is 19.9 Å². The second-order valence-electron chi connectivity index (χ2n) is 11.5. The number of hydrogen-bond acceptors (Lipinski definition) is 4. The third kappa shape index (κ3) is 3.38. The monoisotopic (exact) mass is 584 g/mol. The van der Waals surface area contributed by atoms with Crippen molar-refractivity contribution in [1.29, 1.82) is 0 Å². The molecule has 0 aromatic carbocycles. The number of aromatic amines is 4. The number of H-pyrrole nitrogens is 4. The first kappa shape index (κ1) is 24.5. The molecule has 0 unspecified atom stereocenters. The molecule has 1 aliphatic rings. The van der Waals surface area contributed by atoms with Crippen LogP contribution in [0.2, 0.25) is 0 Å². The van der Waals surface area contributed by atoms with E-state index in [1.807, 2.05) is 0 Å². The predicted molar refractivity (Wildman–Crippen MR) is 171 cm³/mol. The molecule has 216 valence electrons. The van der Waals surface area contributed by atoms with Crippen LogP contribution in [0.3, 0.4) is 0 Å². The van der Waals surface area contributed by atoms with Gasteiger partial charge in [-0.2, -0.15) is 18.3 Å². The van der Waals surface area contributed by atoms with Crippen molar-refractivity contribution in [3.63, 3.8) is 0 Å². The molecule has 0 aliphatic carbocycles. The minimum absolute atomic E-state index is 0.872. The van der Waals surface area contributed by atoms with Gasteiger partial charge in [0.25, 0.3) is 22.1 Å². The molecule has 8 N–H and O–H groups in total. The highest BCUT2D eigenvalue weighted by Gasteiger charge is 2.28. The van der Waals surface area contributed by atoms with Crippen LogP contribution in [0.15, 0.2) is 73.3 Å². The molecule has 0 saturated carbocycles. The molecule has 0 atom stereocenters. The second-order valence-corrected chi connectivity index (χ2v) is 11.5. The minimum Gasteiger partial charge on any atom is -0.322 e. The Balaban J connectivity index is 1.37. The lowest BCUT2D eigenvalue weighted by molar-refractivity contribution is -0.644. The second kappa shape index (κ2) is 8.74. The fraction of sp³-hybridized carbons (Fsp3) is 0.125. The summed E-state index contributed by atoms with van der Waals surface area (Å²) in [5, 5.41) is 19.1. The van der Waals surface area contributed by atoms with Gasteiger partial charge in [0.2, 0.25) is 0 Å². The Kier molecular flexibility index (Phi) is 4.87. The van der Waals surface area contributed by atoms with Gasteiger partial charge in [-0.1, -0.05) is 0 Å². The van der Waals surface area contributed by atoms with Crippen molar-refractivity contribution in [1.82, 2.24) is 19.9 Å². The lowest BCUT2D eigenvalue weighted by Crippen LogP contribution is -2.28. The molecule has 8 aromatic heterocycles. The smallest absolute Gasteiger partial charge is 0.257 e. The number of fused-ring (bicyclic) bond motifs is 20. The average Bonchev–Trinajstić information content (AvgIpc) is 3.74. The SMILES string of the molecule is C[n+]1cccc2c3[nH]c(c21)Nc1[nH]c(c2c1ccc[n+]2C)Nc1[nH]c(c2c1ccc[n+]2C)Nc1[nH]c(c2c1ccc[n+]2C)N3. The van der Waals surface area contributed by atoms with E-state index in [0.29, 0.717) is 0 Å².